The highest BCUT2D eigenvalue weighted by Gasteiger charge is 2.34. The molecule has 0 N–H and O–H groups in total. The van der Waals surface area contributed by atoms with E-state index in [0.717, 1.165) is 12.1 Å². The van der Waals surface area contributed by atoms with Crippen molar-refractivity contribution in [3.63, 3.8) is 0 Å². The maximum Gasteiger partial charge on any atom is 0.274 e. The smallest absolute Gasteiger partial charge is 0.274 e. The van der Waals surface area contributed by atoms with Crippen LogP contribution in [0.2, 0.25) is 0 Å². The van der Waals surface area contributed by atoms with Crippen LogP contribution in [-0.4, -0.2) is 49.9 Å². The van der Waals surface area contributed by atoms with Gasteiger partial charge in [0.2, 0.25) is 11.7 Å². The Bertz CT molecular complexity index is 926. The van der Waals surface area contributed by atoms with Crippen molar-refractivity contribution in [1.29, 1.82) is 0 Å². The van der Waals surface area contributed by atoms with E-state index in [1.807, 2.05) is 37.4 Å². The number of likely N-dealkylation sites (tertiary alicyclic amines) is 1. The van der Waals surface area contributed by atoms with Gasteiger partial charge < -0.3 is 14.2 Å². The van der Waals surface area contributed by atoms with Gasteiger partial charge in [-0.1, -0.05) is 17.3 Å². The number of carbonyl (C=O) groups excluding carboxylic acids is 1. The second-order valence-corrected chi connectivity index (χ2v) is 6.14. The Morgan fingerprint density at radius 2 is 2.12 bits per heavy atom. The van der Waals surface area contributed by atoms with E-state index in [4.69, 9.17) is 9.26 Å². The van der Waals surface area contributed by atoms with Gasteiger partial charge in [0.15, 0.2) is 0 Å². The zero-order valence-electron chi connectivity index (χ0n) is 14.6. The van der Waals surface area contributed by atoms with E-state index in [0.29, 0.717) is 36.2 Å². The molecule has 3 aromatic rings. The predicted molar refractivity (Wildman–Crippen MR) is 92.7 cm³/mol. The molecule has 1 fully saturated rings. The van der Waals surface area contributed by atoms with E-state index in [1.54, 1.807) is 22.6 Å². The van der Waals surface area contributed by atoms with Gasteiger partial charge >= 0.3 is 0 Å². The Balaban J connectivity index is 1.41. The van der Waals surface area contributed by atoms with Crippen molar-refractivity contribution < 1.29 is 14.1 Å². The van der Waals surface area contributed by atoms with Crippen molar-refractivity contribution in [1.82, 2.24) is 24.8 Å². The average molecular weight is 353 g/mol. The van der Waals surface area contributed by atoms with Crippen molar-refractivity contribution in [3.8, 4) is 17.1 Å². The third kappa shape index (κ3) is 3.05. The zero-order valence-corrected chi connectivity index (χ0v) is 14.6. The maximum absolute atomic E-state index is 12.4. The van der Waals surface area contributed by atoms with E-state index >= 15 is 0 Å². The summed E-state index contributed by atoms with van der Waals surface area (Å²) in [6, 6.07) is 9.29. The van der Waals surface area contributed by atoms with Crippen molar-refractivity contribution in [3.05, 3.63) is 48.1 Å². The van der Waals surface area contributed by atoms with E-state index in [1.165, 1.54) is 0 Å². The molecule has 1 aliphatic rings. The first-order valence-corrected chi connectivity index (χ1v) is 8.53. The van der Waals surface area contributed by atoms with Crippen LogP contribution in [-0.2, 0) is 6.54 Å². The topological polar surface area (TPSA) is 86.3 Å². The second-order valence-electron chi connectivity index (χ2n) is 6.14. The van der Waals surface area contributed by atoms with Crippen LogP contribution in [0.15, 0.2) is 41.1 Å². The van der Waals surface area contributed by atoms with Crippen molar-refractivity contribution in [2.75, 3.05) is 13.1 Å². The molecule has 1 aliphatic heterocycles. The van der Waals surface area contributed by atoms with Gasteiger partial charge in [-0.3, -0.25) is 9.48 Å². The lowest BCUT2D eigenvalue weighted by atomic mass is 10.1. The Morgan fingerprint density at radius 1 is 1.31 bits per heavy atom. The third-order valence-corrected chi connectivity index (χ3v) is 4.27. The molecule has 0 atom stereocenters. The van der Waals surface area contributed by atoms with Crippen LogP contribution >= 0.6 is 0 Å². The monoisotopic (exact) mass is 353 g/mol. The highest BCUT2D eigenvalue weighted by Crippen LogP contribution is 2.30. The molecule has 4 rings (SSSR count). The molecule has 3 heterocycles. The molecule has 134 valence electrons. The minimum Gasteiger partial charge on any atom is -0.486 e. The number of nitrogens with zero attached hydrogens (tertiary/aromatic N) is 5. The summed E-state index contributed by atoms with van der Waals surface area (Å²) in [7, 11) is 0. The highest BCUT2D eigenvalue weighted by atomic mass is 16.5. The quantitative estimate of drug-likeness (QED) is 0.699. The lowest BCUT2D eigenvalue weighted by molar-refractivity contribution is 0.0175. The number of hydrogen-bond donors (Lipinski definition) is 0. The van der Waals surface area contributed by atoms with Crippen LogP contribution in [0.1, 0.15) is 23.3 Å². The van der Waals surface area contributed by atoms with Crippen LogP contribution < -0.4 is 4.74 Å². The van der Waals surface area contributed by atoms with Crippen LogP contribution in [0.3, 0.4) is 0 Å². The molecule has 8 nitrogen and oxygen atoms in total. The number of rotatable bonds is 5. The zero-order chi connectivity index (χ0) is 18.1. The number of amides is 1. The Labute approximate surface area is 150 Å². The fourth-order valence-corrected chi connectivity index (χ4v) is 2.83. The van der Waals surface area contributed by atoms with Gasteiger partial charge in [-0.25, -0.2) is 0 Å². The van der Waals surface area contributed by atoms with Crippen LogP contribution in [0, 0.1) is 6.92 Å². The molecule has 1 saturated heterocycles. The number of aryl methyl sites for hydroxylation is 2. The summed E-state index contributed by atoms with van der Waals surface area (Å²) in [6.07, 6.45) is 1.74. The molecule has 1 aromatic carbocycles. The van der Waals surface area contributed by atoms with E-state index < -0.39 is 0 Å². The van der Waals surface area contributed by atoms with Crippen LogP contribution in [0.4, 0.5) is 0 Å². The van der Waals surface area contributed by atoms with Gasteiger partial charge in [0.1, 0.15) is 17.5 Å². The molecule has 1 amide bonds. The summed E-state index contributed by atoms with van der Waals surface area (Å²) < 4.78 is 12.8. The minimum atomic E-state index is -0.0703. The number of benzene rings is 1. The molecular formula is C18H19N5O3. The summed E-state index contributed by atoms with van der Waals surface area (Å²) in [5.74, 6) is 1.61. The molecule has 0 saturated carbocycles. The molecule has 0 radical (unpaired) electrons. The van der Waals surface area contributed by atoms with E-state index in [9.17, 15) is 4.79 Å². The molecule has 26 heavy (non-hydrogen) atoms. The van der Waals surface area contributed by atoms with Crippen molar-refractivity contribution >= 4 is 5.91 Å². The molecule has 0 bridgehead atoms. The van der Waals surface area contributed by atoms with Gasteiger partial charge in [0.25, 0.3) is 5.91 Å². The number of carbonyl (C=O) groups is 1. The normalized spacial score (nSPS) is 14.3. The number of ether oxygens (including phenoxy) is 1. The summed E-state index contributed by atoms with van der Waals surface area (Å²) in [5.41, 5.74) is 1.24. The average Bonchev–Trinajstić information content (AvgIpc) is 3.26. The van der Waals surface area contributed by atoms with Crippen molar-refractivity contribution in [2.24, 2.45) is 0 Å². The molecular weight excluding hydrogens is 334 g/mol. The number of para-hydroxylation sites is 1. The van der Waals surface area contributed by atoms with Crippen LogP contribution in [0.5, 0.6) is 5.75 Å². The number of aromatic nitrogens is 4. The number of hydrogen-bond acceptors (Lipinski definition) is 6. The Hall–Kier alpha value is -3.16. The largest absolute Gasteiger partial charge is 0.486 e. The van der Waals surface area contributed by atoms with Gasteiger partial charge in [0.05, 0.1) is 18.7 Å². The van der Waals surface area contributed by atoms with Gasteiger partial charge in [-0.2, -0.15) is 10.1 Å². The van der Waals surface area contributed by atoms with Crippen LogP contribution in [0.25, 0.3) is 11.4 Å². The second kappa shape index (κ2) is 6.62. The predicted octanol–water partition coefficient (Wildman–Crippen LogP) is 2.16. The third-order valence-electron chi connectivity index (χ3n) is 4.27. The van der Waals surface area contributed by atoms with E-state index in [-0.39, 0.29) is 12.0 Å². The Kier molecular flexibility index (Phi) is 4.16. The van der Waals surface area contributed by atoms with Gasteiger partial charge in [-0.05, 0) is 25.1 Å². The first-order valence-electron chi connectivity index (χ1n) is 8.53. The van der Waals surface area contributed by atoms with Gasteiger partial charge in [0, 0.05) is 19.7 Å². The summed E-state index contributed by atoms with van der Waals surface area (Å²) in [5, 5.41) is 8.20. The molecule has 8 heteroatoms. The van der Waals surface area contributed by atoms with Gasteiger partial charge in [-0.15, -0.1) is 0 Å². The molecule has 0 spiro atoms. The van der Waals surface area contributed by atoms with Crippen molar-refractivity contribution in [2.45, 2.75) is 26.5 Å². The molecule has 0 unspecified atom stereocenters. The lowest BCUT2D eigenvalue weighted by Gasteiger charge is -2.38. The minimum absolute atomic E-state index is 0.0682. The summed E-state index contributed by atoms with van der Waals surface area (Å²) >= 11 is 0. The first-order chi connectivity index (χ1) is 12.6. The standard InChI is InChI=1S/C18H19N5O3/c1-3-23-9-8-15(20-23)18(24)22-10-13(11-22)25-16-7-5-4-6-14(16)17-19-12(2)26-21-17/h4-9,13H,3,10-11H2,1-2H3. The molecule has 2 aromatic heterocycles. The summed E-state index contributed by atoms with van der Waals surface area (Å²) in [6.45, 7) is 5.52. The molecule has 0 aliphatic carbocycles. The fraction of sp³-hybridized carbons (Fsp3) is 0.333. The maximum atomic E-state index is 12.4. The van der Waals surface area contributed by atoms with E-state index in [2.05, 4.69) is 15.2 Å². The SMILES string of the molecule is CCn1ccc(C(=O)N2CC(Oc3ccccc3-c3noc(C)n3)C2)n1. The summed E-state index contributed by atoms with van der Waals surface area (Å²) in [4.78, 5) is 18.4. The first kappa shape index (κ1) is 16.3. The fourth-order valence-electron chi connectivity index (χ4n) is 2.83. The lowest BCUT2D eigenvalue weighted by Crippen LogP contribution is -2.56. The Morgan fingerprint density at radius 3 is 2.81 bits per heavy atom. The highest BCUT2D eigenvalue weighted by molar-refractivity contribution is 5.92.